The summed E-state index contributed by atoms with van der Waals surface area (Å²) in [5.74, 6) is 1.53. The lowest BCUT2D eigenvalue weighted by atomic mass is 9.92. The normalized spacial score (nSPS) is 19.2. The van der Waals surface area contributed by atoms with E-state index in [1.54, 1.807) is 10.7 Å². The number of rotatable bonds is 5. The Labute approximate surface area is 147 Å². The molecule has 2 aromatic rings. The maximum atomic E-state index is 12.1. The Balaban J connectivity index is 1.35. The SMILES string of the molecule is CC(C)(C)c1ccc(=O)n(CC2CN(Cc3nncn3C3CC3)C2)n1. The third-order valence-corrected chi connectivity index (χ3v) is 5.05. The molecule has 4 rings (SSSR count). The van der Waals surface area contributed by atoms with Crippen LogP contribution < -0.4 is 5.56 Å². The molecule has 7 heteroatoms. The second-order valence-corrected chi connectivity index (χ2v) is 8.43. The molecule has 0 amide bonds. The standard InChI is InChI=1S/C18H26N6O/c1-18(2,3)15-6-7-17(25)24(21-15)10-13-8-22(9-13)11-16-20-19-12-23(16)14-4-5-14/h6-7,12-14H,4-5,8-11H2,1-3H3. The van der Waals surface area contributed by atoms with E-state index in [1.165, 1.54) is 12.8 Å². The molecule has 1 saturated carbocycles. The van der Waals surface area contributed by atoms with Gasteiger partial charge < -0.3 is 4.57 Å². The van der Waals surface area contributed by atoms with E-state index in [0.717, 1.165) is 31.2 Å². The van der Waals surface area contributed by atoms with Crippen molar-refractivity contribution >= 4 is 0 Å². The van der Waals surface area contributed by atoms with Gasteiger partial charge in [-0.3, -0.25) is 9.69 Å². The molecule has 2 aliphatic rings. The molecular weight excluding hydrogens is 316 g/mol. The van der Waals surface area contributed by atoms with Crippen LogP contribution in [-0.4, -0.2) is 42.5 Å². The number of aromatic nitrogens is 5. The van der Waals surface area contributed by atoms with Crippen molar-refractivity contribution in [1.29, 1.82) is 0 Å². The molecule has 1 aliphatic carbocycles. The Morgan fingerprint density at radius 1 is 1.20 bits per heavy atom. The first-order chi connectivity index (χ1) is 11.9. The zero-order chi connectivity index (χ0) is 17.6. The quantitative estimate of drug-likeness (QED) is 0.825. The van der Waals surface area contributed by atoms with Crippen LogP contribution in [-0.2, 0) is 18.5 Å². The molecule has 25 heavy (non-hydrogen) atoms. The van der Waals surface area contributed by atoms with Gasteiger partial charge in [0.1, 0.15) is 12.2 Å². The lowest BCUT2D eigenvalue weighted by Gasteiger charge is -2.39. The fourth-order valence-electron chi connectivity index (χ4n) is 3.38. The van der Waals surface area contributed by atoms with Gasteiger partial charge in [-0.2, -0.15) is 5.10 Å². The molecule has 3 heterocycles. The summed E-state index contributed by atoms with van der Waals surface area (Å²) in [4.78, 5) is 14.5. The average Bonchev–Trinajstić information content (AvgIpc) is 3.25. The third-order valence-electron chi connectivity index (χ3n) is 5.05. The highest BCUT2D eigenvalue weighted by Gasteiger charge is 2.31. The topological polar surface area (TPSA) is 68.8 Å². The Morgan fingerprint density at radius 2 is 1.96 bits per heavy atom. The van der Waals surface area contributed by atoms with E-state index < -0.39 is 0 Å². The van der Waals surface area contributed by atoms with Crippen molar-refractivity contribution < 1.29 is 0 Å². The van der Waals surface area contributed by atoms with Gasteiger partial charge in [-0.25, -0.2) is 4.68 Å². The highest BCUT2D eigenvalue weighted by molar-refractivity contribution is 5.10. The predicted octanol–water partition coefficient (Wildman–Crippen LogP) is 1.60. The van der Waals surface area contributed by atoms with Gasteiger partial charge in [-0.05, 0) is 18.9 Å². The molecule has 2 fully saturated rings. The van der Waals surface area contributed by atoms with Gasteiger partial charge in [0.2, 0.25) is 0 Å². The Morgan fingerprint density at radius 3 is 2.64 bits per heavy atom. The van der Waals surface area contributed by atoms with Gasteiger partial charge in [0.05, 0.1) is 18.8 Å². The molecule has 0 radical (unpaired) electrons. The summed E-state index contributed by atoms with van der Waals surface area (Å²) >= 11 is 0. The maximum Gasteiger partial charge on any atom is 0.266 e. The first-order valence-electron chi connectivity index (χ1n) is 9.09. The molecule has 7 nitrogen and oxygen atoms in total. The molecule has 134 valence electrons. The van der Waals surface area contributed by atoms with E-state index in [0.29, 0.717) is 18.5 Å². The van der Waals surface area contributed by atoms with Crippen LogP contribution in [0.15, 0.2) is 23.3 Å². The molecule has 2 aromatic heterocycles. The van der Waals surface area contributed by atoms with Crippen molar-refractivity contribution in [2.75, 3.05) is 13.1 Å². The summed E-state index contributed by atoms with van der Waals surface area (Å²) in [5.41, 5.74) is 0.897. The lowest BCUT2D eigenvalue weighted by molar-refractivity contribution is 0.0724. The molecule has 0 unspecified atom stereocenters. The molecule has 0 atom stereocenters. The number of hydrogen-bond donors (Lipinski definition) is 0. The fraction of sp³-hybridized carbons (Fsp3) is 0.667. The van der Waals surface area contributed by atoms with Gasteiger partial charge in [0, 0.05) is 36.5 Å². The fourth-order valence-corrected chi connectivity index (χ4v) is 3.38. The summed E-state index contributed by atoms with van der Waals surface area (Å²) < 4.78 is 3.85. The lowest BCUT2D eigenvalue weighted by Crippen LogP contribution is -2.49. The van der Waals surface area contributed by atoms with Crippen LogP contribution in [0.1, 0.15) is 51.2 Å². The van der Waals surface area contributed by atoms with E-state index in [9.17, 15) is 4.79 Å². The van der Waals surface area contributed by atoms with Crippen molar-refractivity contribution in [2.24, 2.45) is 5.92 Å². The van der Waals surface area contributed by atoms with Crippen molar-refractivity contribution in [2.45, 2.75) is 58.2 Å². The van der Waals surface area contributed by atoms with Crippen LogP contribution in [0, 0.1) is 5.92 Å². The third kappa shape index (κ3) is 3.51. The minimum atomic E-state index is -0.0476. The van der Waals surface area contributed by atoms with Crippen molar-refractivity contribution in [1.82, 2.24) is 29.4 Å². The molecule has 1 aliphatic heterocycles. The first kappa shape index (κ1) is 16.4. The van der Waals surface area contributed by atoms with Crippen LogP contribution in [0.3, 0.4) is 0 Å². The van der Waals surface area contributed by atoms with Crippen molar-refractivity contribution in [3.63, 3.8) is 0 Å². The monoisotopic (exact) mass is 342 g/mol. The minimum Gasteiger partial charge on any atom is -0.313 e. The summed E-state index contributed by atoms with van der Waals surface area (Å²) in [7, 11) is 0. The van der Waals surface area contributed by atoms with Crippen LogP contribution in [0.5, 0.6) is 0 Å². The van der Waals surface area contributed by atoms with Crippen molar-refractivity contribution in [3.8, 4) is 0 Å². The molecule has 0 aromatic carbocycles. The molecular formula is C18H26N6O. The predicted molar refractivity (Wildman–Crippen MR) is 94.3 cm³/mol. The largest absolute Gasteiger partial charge is 0.313 e. The number of likely N-dealkylation sites (tertiary alicyclic amines) is 1. The highest BCUT2D eigenvalue weighted by Crippen LogP contribution is 2.35. The van der Waals surface area contributed by atoms with E-state index in [2.05, 4.69) is 45.5 Å². The molecule has 0 N–H and O–H groups in total. The summed E-state index contributed by atoms with van der Waals surface area (Å²) in [6, 6.07) is 4.10. The second kappa shape index (κ2) is 6.05. The minimum absolute atomic E-state index is 0.0140. The average molecular weight is 342 g/mol. The zero-order valence-corrected chi connectivity index (χ0v) is 15.2. The van der Waals surface area contributed by atoms with E-state index in [1.807, 2.05) is 12.4 Å². The van der Waals surface area contributed by atoms with Crippen molar-refractivity contribution in [3.05, 3.63) is 40.3 Å². The van der Waals surface area contributed by atoms with Gasteiger partial charge in [-0.1, -0.05) is 20.8 Å². The Hall–Kier alpha value is -2.02. The van der Waals surface area contributed by atoms with Gasteiger partial charge in [0.15, 0.2) is 0 Å². The second-order valence-electron chi connectivity index (χ2n) is 8.43. The van der Waals surface area contributed by atoms with Crippen LogP contribution in [0.25, 0.3) is 0 Å². The summed E-state index contributed by atoms with van der Waals surface area (Å²) in [6.45, 7) is 9.84. The van der Waals surface area contributed by atoms with E-state index >= 15 is 0 Å². The highest BCUT2D eigenvalue weighted by atomic mass is 16.1. The van der Waals surface area contributed by atoms with Crippen LogP contribution in [0.4, 0.5) is 0 Å². The number of hydrogen-bond acceptors (Lipinski definition) is 5. The van der Waals surface area contributed by atoms with Gasteiger partial charge in [-0.15, -0.1) is 10.2 Å². The summed E-state index contributed by atoms with van der Waals surface area (Å²) in [6.07, 6.45) is 4.34. The molecule has 1 saturated heterocycles. The Kier molecular flexibility index (Phi) is 3.98. The van der Waals surface area contributed by atoms with E-state index in [4.69, 9.17) is 0 Å². The van der Waals surface area contributed by atoms with E-state index in [-0.39, 0.29) is 11.0 Å². The van der Waals surface area contributed by atoms with Gasteiger partial charge >= 0.3 is 0 Å². The number of nitrogens with zero attached hydrogens (tertiary/aromatic N) is 6. The zero-order valence-electron chi connectivity index (χ0n) is 15.2. The Bertz CT molecular complexity index is 807. The smallest absolute Gasteiger partial charge is 0.266 e. The van der Waals surface area contributed by atoms with Gasteiger partial charge in [0.25, 0.3) is 5.56 Å². The molecule has 0 spiro atoms. The first-order valence-corrected chi connectivity index (χ1v) is 9.09. The van der Waals surface area contributed by atoms with Crippen LogP contribution in [0.2, 0.25) is 0 Å². The summed E-state index contributed by atoms with van der Waals surface area (Å²) in [5, 5.41) is 12.9. The maximum absolute atomic E-state index is 12.1. The molecule has 0 bridgehead atoms. The van der Waals surface area contributed by atoms with Crippen LogP contribution >= 0.6 is 0 Å².